The molecule has 0 aromatic carbocycles. The fourth-order valence-corrected chi connectivity index (χ4v) is 1.94. The number of aromatic nitrogens is 1. The molecular weight excluding hydrogens is 254 g/mol. The van der Waals surface area contributed by atoms with Crippen LogP contribution >= 0.6 is 0 Å². The minimum Gasteiger partial charge on any atom is -0.383 e. The first kappa shape index (κ1) is 16.4. The van der Waals surface area contributed by atoms with Crippen molar-refractivity contribution >= 4 is 11.6 Å². The van der Waals surface area contributed by atoms with Crippen LogP contribution in [-0.2, 0) is 4.74 Å². The second kappa shape index (κ2) is 9.31. The molecular formula is C15H25N3O2. The van der Waals surface area contributed by atoms with Gasteiger partial charge in [0, 0.05) is 26.7 Å². The first-order valence-corrected chi connectivity index (χ1v) is 7.21. The molecule has 1 aromatic heterocycles. The summed E-state index contributed by atoms with van der Waals surface area (Å²) in [6.45, 7) is 7.08. The third kappa shape index (κ3) is 5.17. The Balaban J connectivity index is 2.63. The Hall–Kier alpha value is -1.62. The quantitative estimate of drug-likeness (QED) is 0.705. The van der Waals surface area contributed by atoms with Crippen LogP contribution in [0.3, 0.4) is 0 Å². The number of carbonyl (C=O) groups excluding carboxylic acids is 1. The second-order valence-corrected chi connectivity index (χ2v) is 4.64. The maximum Gasteiger partial charge on any atom is 0.272 e. The fourth-order valence-electron chi connectivity index (χ4n) is 1.94. The molecule has 1 heterocycles. The molecule has 112 valence electrons. The Morgan fingerprint density at radius 2 is 2.00 bits per heavy atom. The van der Waals surface area contributed by atoms with Gasteiger partial charge >= 0.3 is 0 Å². The third-order valence-electron chi connectivity index (χ3n) is 2.89. The van der Waals surface area contributed by atoms with Crippen molar-refractivity contribution in [2.24, 2.45) is 0 Å². The Morgan fingerprint density at radius 3 is 2.50 bits per heavy atom. The lowest BCUT2D eigenvalue weighted by atomic mass is 10.2. The zero-order chi connectivity index (χ0) is 14.8. The molecule has 0 aliphatic rings. The van der Waals surface area contributed by atoms with Crippen LogP contribution in [0.15, 0.2) is 18.3 Å². The normalized spacial score (nSPS) is 10.3. The number of anilines is 1. The molecule has 0 aliphatic heterocycles. The lowest BCUT2D eigenvalue weighted by Gasteiger charge is -2.21. The van der Waals surface area contributed by atoms with E-state index in [4.69, 9.17) is 4.74 Å². The number of methoxy groups -OCH3 is 1. The number of carbonyl (C=O) groups is 1. The highest BCUT2D eigenvalue weighted by Crippen LogP contribution is 2.09. The summed E-state index contributed by atoms with van der Waals surface area (Å²) in [5.74, 6) is 0.0112. The molecule has 0 saturated carbocycles. The van der Waals surface area contributed by atoms with E-state index in [2.05, 4.69) is 24.1 Å². The van der Waals surface area contributed by atoms with Gasteiger partial charge < -0.3 is 15.0 Å². The van der Waals surface area contributed by atoms with E-state index in [1.165, 1.54) is 0 Å². The summed E-state index contributed by atoms with van der Waals surface area (Å²) in [4.78, 5) is 18.4. The second-order valence-electron chi connectivity index (χ2n) is 4.64. The van der Waals surface area contributed by atoms with E-state index in [-0.39, 0.29) is 5.91 Å². The van der Waals surface area contributed by atoms with Crippen LogP contribution in [0.25, 0.3) is 0 Å². The van der Waals surface area contributed by atoms with Gasteiger partial charge in [0.15, 0.2) is 0 Å². The van der Waals surface area contributed by atoms with Crippen molar-refractivity contribution in [2.45, 2.75) is 26.7 Å². The van der Waals surface area contributed by atoms with Gasteiger partial charge in [0.05, 0.1) is 18.5 Å². The highest BCUT2D eigenvalue weighted by molar-refractivity contribution is 5.92. The highest BCUT2D eigenvalue weighted by atomic mass is 16.5. The summed E-state index contributed by atoms with van der Waals surface area (Å²) in [5, 5.41) is 3.18. The van der Waals surface area contributed by atoms with Gasteiger partial charge in [-0.25, -0.2) is 4.98 Å². The van der Waals surface area contributed by atoms with Gasteiger partial charge in [0.2, 0.25) is 0 Å². The number of hydrogen-bond acceptors (Lipinski definition) is 4. The van der Waals surface area contributed by atoms with Gasteiger partial charge in [0.1, 0.15) is 5.69 Å². The molecule has 1 rings (SSSR count). The van der Waals surface area contributed by atoms with Crippen molar-refractivity contribution < 1.29 is 9.53 Å². The van der Waals surface area contributed by atoms with E-state index in [0.717, 1.165) is 38.2 Å². The monoisotopic (exact) mass is 279 g/mol. The van der Waals surface area contributed by atoms with E-state index in [1.54, 1.807) is 19.4 Å². The Kier molecular flexibility index (Phi) is 7.65. The van der Waals surface area contributed by atoms with Gasteiger partial charge in [-0.3, -0.25) is 4.79 Å². The largest absolute Gasteiger partial charge is 0.383 e. The molecule has 1 N–H and O–H groups in total. The molecule has 5 heteroatoms. The van der Waals surface area contributed by atoms with Crippen LogP contribution < -0.4 is 5.32 Å². The predicted octanol–water partition coefficient (Wildman–Crippen LogP) is 2.40. The molecule has 0 radical (unpaired) electrons. The van der Waals surface area contributed by atoms with Crippen molar-refractivity contribution in [2.75, 3.05) is 38.7 Å². The third-order valence-corrected chi connectivity index (χ3v) is 2.89. The first-order valence-electron chi connectivity index (χ1n) is 7.21. The van der Waals surface area contributed by atoms with Crippen molar-refractivity contribution in [3.8, 4) is 0 Å². The summed E-state index contributed by atoms with van der Waals surface area (Å²) in [7, 11) is 1.66. The maximum absolute atomic E-state index is 12.3. The van der Waals surface area contributed by atoms with Crippen molar-refractivity contribution in [3.05, 3.63) is 24.0 Å². The lowest BCUT2D eigenvalue weighted by molar-refractivity contribution is 0.0749. The van der Waals surface area contributed by atoms with Crippen molar-refractivity contribution in [1.82, 2.24) is 9.88 Å². The van der Waals surface area contributed by atoms with Crippen LogP contribution in [0.4, 0.5) is 5.69 Å². The topological polar surface area (TPSA) is 54.5 Å². The lowest BCUT2D eigenvalue weighted by Crippen LogP contribution is -2.33. The Morgan fingerprint density at radius 1 is 1.30 bits per heavy atom. The number of amides is 1. The SMILES string of the molecule is CCCN(CCC)C(=O)c1ccc(NCCOC)cn1. The van der Waals surface area contributed by atoms with Gasteiger partial charge in [-0.05, 0) is 25.0 Å². The van der Waals surface area contributed by atoms with Gasteiger partial charge in [-0.15, -0.1) is 0 Å². The molecule has 1 aromatic rings. The van der Waals surface area contributed by atoms with Crippen molar-refractivity contribution in [3.63, 3.8) is 0 Å². The average Bonchev–Trinajstić information content (AvgIpc) is 2.47. The number of rotatable bonds is 9. The number of ether oxygens (including phenoxy) is 1. The number of pyridine rings is 1. The van der Waals surface area contributed by atoms with Crippen LogP contribution in [0, 0.1) is 0 Å². The molecule has 0 atom stereocenters. The average molecular weight is 279 g/mol. The molecule has 5 nitrogen and oxygen atoms in total. The predicted molar refractivity (Wildman–Crippen MR) is 81.1 cm³/mol. The Labute approximate surface area is 121 Å². The zero-order valence-corrected chi connectivity index (χ0v) is 12.7. The molecule has 20 heavy (non-hydrogen) atoms. The molecule has 1 amide bonds. The smallest absolute Gasteiger partial charge is 0.272 e. The molecule has 0 fully saturated rings. The van der Waals surface area contributed by atoms with Gasteiger partial charge in [-0.1, -0.05) is 13.8 Å². The highest BCUT2D eigenvalue weighted by Gasteiger charge is 2.15. The van der Waals surface area contributed by atoms with Gasteiger partial charge in [-0.2, -0.15) is 0 Å². The summed E-state index contributed by atoms with van der Waals surface area (Å²) >= 11 is 0. The fraction of sp³-hybridized carbons (Fsp3) is 0.600. The number of hydrogen-bond donors (Lipinski definition) is 1. The molecule has 0 saturated heterocycles. The first-order chi connectivity index (χ1) is 9.72. The minimum absolute atomic E-state index is 0.0112. The van der Waals surface area contributed by atoms with E-state index >= 15 is 0 Å². The molecule has 0 unspecified atom stereocenters. The summed E-state index contributed by atoms with van der Waals surface area (Å²) in [6.07, 6.45) is 3.61. The van der Waals surface area contributed by atoms with Crippen molar-refractivity contribution in [1.29, 1.82) is 0 Å². The molecule has 0 bridgehead atoms. The summed E-state index contributed by atoms with van der Waals surface area (Å²) in [6, 6.07) is 3.65. The maximum atomic E-state index is 12.3. The standard InChI is InChI=1S/C15H25N3O2/c1-4-9-18(10-5-2)15(19)14-7-6-13(12-17-14)16-8-11-20-3/h6-7,12,16H,4-5,8-11H2,1-3H3. The summed E-state index contributed by atoms with van der Waals surface area (Å²) < 4.78 is 4.97. The molecule has 0 aliphatic carbocycles. The number of nitrogens with zero attached hydrogens (tertiary/aromatic N) is 2. The molecule has 0 spiro atoms. The van der Waals surface area contributed by atoms with Crippen LogP contribution in [0.2, 0.25) is 0 Å². The summed E-state index contributed by atoms with van der Waals surface area (Å²) in [5.41, 5.74) is 1.40. The van der Waals surface area contributed by atoms with Crippen LogP contribution in [0.1, 0.15) is 37.2 Å². The number of nitrogens with one attached hydrogen (secondary N) is 1. The van der Waals surface area contributed by atoms with E-state index in [9.17, 15) is 4.79 Å². The van der Waals surface area contributed by atoms with E-state index in [0.29, 0.717) is 12.3 Å². The van der Waals surface area contributed by atoms with Crippen LogP contribution in [0.5, 0.6) is 0 Å². The van der Waals surface area contributed by atoms with E-state index < -0.39 is 0 Å². The minimum atomic E-state index is 0.0112. The zero-order valence-electron chi connectivity index (χ0n) is 12.7. The van der Waals surface area contributed by atoms with E-state index in [1.807, 2.05) is 11.0 Å². The van der Waals surface area contributed by atoms with Gasteiger partial charge in [0.25, 0.3) is 5.91 Å². The Bertz CT molecular complexity index is 387. The van der Waals surface area contributed by atoms with Crippen LogP contribution in [-0.4, -0.2) is 49.1 Å².